The normalized spacial score (nSPS) is 12.1. The van der Waals surface area contributed by atoms with Crippen molar-refractivity contribution < 1.29 is 19.4 Å². The predicted octanol–water partition coefficient (Wildman–Crippen LogP) is 0.615. The monoisotopic (exact) mass is 266 g/mol. The number of carbonyl (C=O) groups excluding carboxylic acids is 2. The van der Waals surface area contributed by atoms with Gasteiger partial charge in [0.2, 0.25) is 0 Å². The summed E-state index contributed by atoms with van der Waals surface area (Å²) in [6.07, 6.45) is 1.28. The molecule has 0 bridgehead atoms. The van der Waals surface area contributed by atoms with E-state index in [1.807, 2.05) is 13.8 Å². The molecule has 0 saturated heterocycles. The summed E-state index contributed by atoms with van der Waals surface area (Å²) in [5.74, 6) is -0.776. The van der Waals surface area contributed by atoms with Crippen molar-refractivity contribution in [3.8, 4) is 0 Å². The van der Waals surface area contributed by atoms with E-state index in [1.165, 1.54) is 25.4 Å². The first-order chi connectivity index (χ1) is 8.99. The molecule has 6 nitrogen and oxygen atoms in total. The Balaban J connectivity index is 2.75. The van der Waals surface area contributed by atoms with Gasteiger partial charge in [0.1, 0.15) is 5.69 Å². The topological polar surface area (TPSA) is 88.5 Å². The minimum atomic E-state index is -0.505. The van der Waals surface area contributed by atoms with E-state index in [9.17, 15) is 9.59 Å². The first-order valence-corrected chi connectivity index (χ1v) is 5.95. The van der Waals surface area contributed by atoms with Crippen LogP contribution < -0.4 is 5.32 Å². The van der Waals surface area contributed by atoms with Crippen LogP contribution in [0.5, 0.6) is 0 Å². The van der Waals surface area contributed by atoms with Gasteiger partial charge in [-0.15, -0.1) is 0 Å². The van der Waals surface area contributed by atoms with Crippen molar-refractivity contribution >= 4 is 11.9 Å². The minimum absolute atomic E-state index is 0.114. The van der Waals surface area contributed by atoms with Gasteiger partial charge in [0.15, 0.2) is 0 Å². The standard InChI is InChI=1S/C13H18N2O4/c1-8(2)11(7-16)15-12(17)10-5-4-9(6-14-10)13(18)19-3/h4-6,8,11,16H,7H2,1-3H3,(H,15,17)/t11-/m1/s1. The van der Waals surface area contributed by atoms with Gasteiger partial charge in [-0.25, -0.2) is 4.79 Å². The van der Waals surface area contributed by atoms with Crippen LogP contribution in [-0.4, -0.2) is 41.7 Å². The molecule has 1 aromatic heterocycles. The Morgan fingerprint density at radius 3 is 2.53 bits per heavy atom. The fourth-order valence-corrected chi connectivity index (χ4v) is 1.43. The number of rotatable bonds is 5. The quantitative estimate of drug-likeness (QED) is 0.762. The van der Waals surface area contributed by atoms with Crippen LogP contribution in [0.4, 0.5) is 0 Å². The molecule has 0 radical (unpaired) electrons. The number of esters is 1. The van der Waals surface area contributed by atoms with E-state index >= 15 is 0 Å². The van der Waals surface area contributed by atoms with E-state index in [1.54, 1.807) is 0 Å². The van der Waals surface area contributed by atoms with Crippen LogP contribution in [0.25, 0.3) is 0 Å². The van der Waals surface area contributed by atoms with E-state index in [-0.39, 0.29) is 35.7 Å². The Labute approximate surface area is 111 Å². The number of aliphatic hydroxyl groups is 1. The van der Waals surface area contributed by atoms with E-state index < -0.39 is 5.97 Å². The first-order valence-electron chi connectivity index (χ1n) is 5.95. The highest BCUT2D eigenvalue weighted by atomic mass is 16.5. The summed E-state index contributed by atoms with van der Waals surface area (Å²) in [5, 5.41) is 11.8. The SMILES string of the molecule is COC(=O)c1ccc(C(=O)N[C@H](CO)C(C)C)nc1. The third kappa shape index (κ3) is 4.03. The van der Waals surface area contributed by atoms with Crippen molar-refractivity contribution in [2.75, 3.05) is 13.7 Å². The smallest absolute Gasteiger partial charge is 0.339 e. The van der Waals surface area contributed by atoms with Crippen molar-refractivity contribution in [1.82, 2.24) is 10.3 Å². The van der Waals surface area contributed by atoms with E-state index in [4.69, 9.17) is 5.11 Å². The lowest BCUT2D eigenvalue weighted by atomic mass is 10.1. The van der Waals surface area contributed by atoms with Crippen LogP contribution >= 0.6 is 0 Å². The van der Waals surface area contributed by atoms with Gasteiger partial charge in [-0.2, -0.15) is 0 Å². The lowest BCUT2D eigenvalue weighted by molar-refractivity contribution is 0.0599. The average molecular weight is 266 g/mol. The summed E-state index contributed by atoms with van der Waals surface area (Å²) < 4.78 is 4.54. The molecule has 1 aromatic rings. The molecule has 0 saturated carbocycles. The molecule has 0 aliphatic rings. The molecule has 19 heavy (non-hydrogen) atoms. The number of carbonyl (C=O) groups is 2. The molecule has 0 aromatic carbocycles. The summed E-state index contributed by atoms with van der Waals surface area (Å²) in [4.78, 5) is 27.0. The Kier molecular flexibility index (Phi) is 5.44. The summed E-state index contributed by atoms with van der Waals surface area (Å²) in [7, 11) is 1.28. The van der Waals surface area contributed by atoms with Gasteiger partial charge in [-0.05, 0) is 18.1 Å². The molecule has 1 amide bonds. The lowest BCUT2D eigenvalue weighted by Gasteiger charge is -2.19. The van der Waals surface area contributed by atoms with Gasteiger partial charge in [0, 0.05) is 6.20 Å². The zero-order valence-electron chi connectivity index (χ0n) is 11.2. The van der Waals surface area contributed by atoms with Crippen molar-refractivity contribution in [3.63, 3.8) is 0 Å². The van der Waals surface area contributed by atoms with E-state index in [0.29, 0.717) is 0 Å². The van der Waals surface area contributed by atoms with Crippen LogP contribution in [0.15, 0.2) is 18.3 Å². The summed E-state index contributed by atoms with van der Waals surface area (Å²) in [6.45, 7) is 3.66. The van der Waals surface area contributed by atoms with Crippen LogP contribution in [0.2, 0.25) is 0 Å². The number of aliphatic hydroxyl groups excluding tert-OH is 1. The highest BCUT2D eigenvalue weighted by molar-refractivity contribution is 5.94. The van der Waals surface area contributed by atoms with Crippen LogP contribution in [0.1, 0.15) is 34.7 Å². The highest BCUT2D eigenvalue weighted by Crippen LogP contribution is 2.05. The molecular weight excluding hydrogens is 248 g/mol. The van der Waals surface area contributed by atoms with Crippen molar-refractivity contribution in [1.29, 1.82) is 0 Å². The fourth-order valence-electron chi connectivity index (χ4n) is 1.43. The molecule has 0 unspecified atom stereocenters. The number of pyridine rings is 1. The number of nitrogens with zero attached hydrogens (tertiary/aromatic N) is 1. The Morgan fingerprint density at radius 1 is 1.42 bits per heavy atom. The number of aromatic nitrogens is 1. The predicted molar refractivity (Wildman–Crippen MR) is 68.8 cm³/mol. The van der Waals surface area contributed by atoms with Gasteiger partial charge in [-0.3, -0.25) is 9.78 Å². The van der Waals surface area contributed by atoms with Crippen LogP contribution in [0, 0.1) is 5.92 Å². The highest BCUT2D eigenvalue weighted by Gasteiger charge is 2.17. The molecule has 0 aliphatic carbocycles. The first kappa shape index (κ1) is 15.1. The molecule has 1 atom stereocenters. The number of ether oxygens (including phenoxy) is 1. The Hall–Kier alpha value is -1.95. The third-order valence-electron chi connectivity index (χ3n) is 2.74. The minimum Gasteiger partial charge on any atom is -0.465 e. The van der Waals surface area contributed by atoms with Gasteiger partial charge in [0.05, 0.1) is 25.3 Å². The van der Waals surface area contributed by atoms with Crippen molar-refractivity contribution in [2.45, 2.75) is 19.9 Å². The molecule has 104 valence electrons. The van der Waals surface area contributed by atoms with Crippen LogP contribution in [-0.2, 0) is 4.74 Å². The Bertz CT molecular complexity index is 442. The molecule has 0 fully saturated rings. The maximum absolute atomic E-state index is 11.9. The molecule has 1 heterocycles. The molecule has 6 heteroatoms. The van der Waals surface area contributed by atoms with Crippen molar-refractivity contribution in [3.05, 3.63) is 29.6 Å². The molecule has 0 aliphatic heterocycles. The molecule has 1 rings (SSSR count). The largest absolute Gasteiger partial charge is 0.465 e. The Morgan fingerprint density at radius 2 is 2.11 bits per heavy atom. The summed E-state index contributed by atoms with van der Waals surface area (Å²) >= 11 is 0. The van der Waals surface area contributed by atoms with Gasteiger partial charge in [0.25, 0.3) is 5.91 Å². The van der Waals surface area contributed by atoms with Crippen molar-refractivity contribution in [2.24, 2.45) is 5.92 Å². The molecule has 2 N–H and O–H groups in total. The summed E-state index contributed by atoms with van der Waals surface area (Å²) in [6, 6.07) is 2.59. The number of methoxy groups -OCH3 is 1. The summed E-state index contributed by atoms with van der Waals surface area (Å²) in [5.41, 5.74) is 0.466. The van der Waals surface area contributed by atoms with Gasteiger partial charge < -0.3 is 15.2 Å². The lowest BCUT2D eigenvalue weighted by Crippen LogP contribution is -2.41. The van der Waals surface area contributed by atoms with Gasteiger partial charge >= 0.3 is 5.97 Å². The van der Waals surface area contributed by atoms with Crippen LogP contribution in [0.3, 0.4) is 0 Å². The average Bonchev–Trinajstić information content (AvgIpc) is 2.43. The molecular formula is C13H18N2O4. The molecule has 0 spiro atoms. The number of nitrogens with one attached hydrogen (secondary N) is 1. The maximum Gasteiger partial charge on any atom is 0.339 e. The third-order valence-corrected chi connectivity index (χ3v) is 2.74. The van der Waals surface area contributed by atoms with E-state index in [2.05, 4.69) is 15.0 Å². The second-order valence-corrected chi connectivity index (χ2v) is 4.43. The maximum atomic E-state index is 11.9. The number of hydrogen-bond donors (Lipinski definition) is 2. The fraction of sp³-hybridized carbons (Fsp3) is 0.462. The van der Waals surface area contributed by atoms with E-state index in [0.717, 1.165) is 0 Å². The van der Waals surface area contributed by atoms with Gasteiger partial charge in [-0.1, -0.05) is 13.8 Å². The number of hydrogen-bond acceptors (Lipinski definition) is 5. The number of amides is 1. The second kappa shape index (κ2) is 6.84. The second-order valence-electron chi connectivity index (χ2n) is 4.43. The zero-order chi connectivity index (χ0) is 14.4. The zero-order valence-corrected chi connectivity index (χ0v) is 11.2.